The van der Waals surface area contributed by atoms with E-state index in [1.807, 2.05) is 18.3 Å². The van der Waals surface area contributed by atoms with Crippen LogP contribution in [0.1, 0.15) is 30.0 Å². The molecule has 0 radical (unpaired) electrons. The van der Waals surface area contributed by atoms with Crippen LogP contribution in [0, 0.1) is 6.92 Å². The first kappa shape index (κ1) is 17.3. The van der Waals surface area contributed by atoms with Crippen molar-refractivity contribution in [1.82, 2.24) is 14.7 Å². The largest absolute Gasteiger partial charge is 0.299 e. The van der Waals surface area contributed by atoms with Crippen molar-refractivity contribution in [3.8, 4) is 11.1 Å². The Morgan fingerprint density at radius 3 is 2.46 bits per heavy atom. The first-order valence-electron chi connectivity index (χ1n) is 9.26. The molecule has 1 aromatic heterocycles. The second-order valence-corrected chi connectivity index (χ2v) is 7.59. The van der Waals surface area contributed by atoms with Gasteiger partial charge in [-0.25, -0.2) is 0 Å². The summed E-state index contributed by atoms with van der Waals surface area (Å²) in [6, 6.07) is 17.1. The normalized spacial score (nSPS) is 16.1. The van der Waals surface area contributed by atoms with Gasteiger partial charge >= 0.3 is 0 Å². The maximum atomic E-state index is 5.98. The zero-order valence-corrected chi connectivity index (χ0v) is 15.9. The van der Waals surface area contributed by atoms with Gasteiger partial charge in [0.15, 0.2) is 0 Å². The second-order valence-electron chi connectivity index (χ2n) is 7.15. The molecule has 1 aliphatic heterocycles. The molecular formula is C22H24ClN3. The first-order valence-corrected chi connectivity index (χ1v) is 9.64. The summed E-state index contributed by atoms with van der Waals surface area (Å²) < 4.78 is 2.15. The van der Waals surface area contributed by atoms with Crippen molar-refractivity contribution in [3.05, 3.63) is 77.1 Å². The summed E-state index contributed by atoms with van der Waals surface area (Å²) in [5.74, 6) is 0. The lowest BCUT2D eigenvalue weighted by atomic mass is 10.0. The van der Waals surface area contributed by atoms with Gasteiger partial charge in [-0.2, -0.15) is 5.10 Å². The summed E-state index contributed by atoms with van der Waals surface area (Å²) in [6.45, 7) is 5.49. The molecule has 2 aromatic carbocycles. The number of aryl methyl sites for hydroxylation is 1. The van der Waals surface area contributed by atoms with E-state index in [0.29, 0.717) is 6.04 Å². The van der Waals surface area contributed by atoms with Crippen LogP contribution >= 0.6 is 11.6 Å². The van der Waals surface area contributed by atoms with Crippen LogP contribution in [0.25, 0.3) is 11.1 Å². The van der Waals surface area contributed by atoms with E-state index in [9.17, 15) is 0 Å². The van der Waals surface area contributed by atoms with Crippen LogP contribution in [-0.4, -0.2) is 27.8 Å². The van der Waals surface area contributed by atoms with Gasteiger partial charge in [0.1, 0.15) is 0 Å². The summed E-state index contributed by atoms with van der Waals surface area (Å²) in [6.07, 6.45) is 6.43. The first-order chi connectivity index (χ1) is 12.7. The molecule has 4 rings (SSSR count). The van der Waals surface area contributed by atoms with E-state index in [1.54, 1.807) is 0 Å². The number of hydrogen-bond donors (Lipinski definition) is 0. The minimum Gasteiger partial charge on any atom is -0.299 e. The fourth-order valence-electron chi connectivity index (χ4n) is 3.70. The third-order valence-corrected chi connectivity index (χ3v) is 5.62. The summed E-state index contributed by atoms with van der Waals surface area (Å²) in [4.78, 5) is 2.56. The number of piperidine rings is 1. The number of halogens is 1. The Hall–Kier alpha value is -2.10. The quantitative estimate of drug-likeness (QED) is 0.621. The maximum absolute atomic E-state index is 5.98. The van der Waals surface area contributed by atoms with E-state index < -0.39 is 0 Å². The third-order valence-electron chi connectivity index (χ3n) is 5.37. The molecule has 0 unspecified atom stereocenters. The molecule has 1 fully saturated rings. The summed E-state index contributed by atoms with van der Waals surface area (Å²) in [7, 11) is 0. The lowest BCUT2D eigenvalue weighted by Gasteiger charge is -2.32. The second kappa shape index (κ2) is 7.65. The maximum Gasteiger partial charge on any atom is 0.0568 e. The standard InChI is InChI=1S/C22H24ClN3/c1-17-4-2-3-5-19(17)15-25-12-10-22(11-13-25)26-16-20(14-24-26)18-6-8-21(23)9-7-18/h2-9,14,16,22H,10-13,15H2,1H3. The molecule has 0 N–H and O–H groups in total. The molecule has 0 aliphatic carbocycles. The van der Waals surface area contributed by atoms with Crippen molar-refractivity contribution in [2.45, 2.75) is 32.4 Å². The Kier molecular flexibility index (Phi) is 5.09. The molecule has 134 valence electrons. The van der Waals surface area contributed by atoms with Gasteiger partial charge in [0.05, 0.1) is 12.2 Å². The predicted octanol–water partition coefficient (Wildman–Crippen LogP) is 5.35. The summed E-state index contributed by atoms with van der Waals surface area (Å²) in [5, 5.41) is 5.39. The zero-order chi connectivity index (χ0) is 17.9. The smallest absolute Gasteiger partial charge is 0.0568 e. The molecule has 3 aromatic rings. The summed E-state index contributed by atoms with van der Waals surface area (Å²) >= 11 is 5.98. The molecule has 0 bridgehead atoms. The number of likely N-dealkylation sites (tertiary alicyclic amines) is 1. The van der Waals surface area contributed by atoms with Gasteiger partial charge in [-0.05, 0) is 48.6 Å². The van der Waals surface area contributed by atoms with E-state index >= 15 is 0 Å². The molecule has 0 amide bonds. The van der Waals surface area contributed by atoms with Gasteiger partial charge in [0.2, 0.25) is 0 Å². The minimum atomic E-state index is 0.490. The van der Waals surface area contributed by atoms with E-state index in [-0.39, 0.29) is 0 Å². The van der Waals surface area contributed by atoms with Crippen molar-refractivity contribution in [3.63, 3.8) is 0 Å². The molecule has 1 saturated heterocycles. The van der Waals surface area contributed by atoms with Crippen molar-refractivity contribution in [1.29, 1.82) is 0 Å². The van der Waals surface area contributed by atoms with Crippen LogP contribution < -0.4 is 0 Å². The molecule has 3 nitrogen and oxygen atoms in total. The monoisotopic (exact) mass is 365 g/mol. The highest BCUT2D eigenvalue weighted by Gasteiger charge is 2.21. The lowest BCUT2D eigenvalue weighted by molar-refractivity contribution is 0.173. The van der Waals surface area contributed by atoms with Gasteiger partial charge < -0.3 is 0 Å². The van der Waals surface area contributed by atoms with Crippen LogP contribution in [0.3, 0.4) is 0 Å². The van der Waals surface area contributed by atoms with Crippen LogP contribution in [0.15, 0.2) is 60.9 Å². The fourth-order valence-corrected chi connectivity index (χ4v) is 3.83. The third kappa shape index (κ3) is 3.84. The van der Waals surface area contributed by atoms with E-state index in [2.05, 4.69) is 64.2 Å². The van der Waals surface area contributed by atoms with Crippen molar-refractivity contribution < 1.29 is 0 Å². The summed E-state index contributed by atoms with van der Waals surface area (Å²) in [5.41, 5.74) is 5.14. The van der Waals surface area contributed by atoms with Crippen molar-refractivity contribution in [2.24, 2.45) is 0 Å². The molecule has 2 heterocycles. The van der Waals surface area contributed by atoms with Gasteiger partial charge in [-0.3, -0.25) is 9.58 Å². The van der Waals surface area contributed by atoms with Gasteiger partial charge in [-0.1, -0.05) is 48.0 Å². The zero-order valence-electron chi connectivity index (χ0n) is 15.1. The molecule has 0 atom stereocenters. The van der Waals surface area contributed by atoms with Crippen LogP contribution in [0.4, 0.5) is 0 Å². The highest BCUT2D eigenvalue weighted by Crippen LogP contribution is 2.27. The highest BCUT2D eigenvalue weighted by molar-refractivity contribution is 6.30. The Morgan fingerprint density at radius 1 is 1.00 bits per heavy atom. The molecule has 0 saturated carbocycles. The Bertz CT molecular complexity index is 861. The number of rotatable bonds is 4. The van der Waals surface area contributed by atoms with Crippen molar-refractivity contribution >= 4 is 11.6 Å². The van der Waals surface area contributed by atoms with Gasteiger partial charge in [0.25, 0.3) is 0 Å². The topological polar surface area (TPSA) is 21.1 Å². The number of nitrogens with zero attached hydrogens (tertiary/aromatic N) is 3. The Labute approximate surface area is 160 Å². The number of hydrogen-bond acceptors (Lipinski definition) is 2. The van der Waals surface area contributed by atoms with E-state index in [4.69, 9.17) is 11.6 Å². The van der Waals surface area contributed by atoms with Gasteiger partial charge in [0, 0.05) is 36.4 Å². The van der Waals surface area contributed by atoms with Gasteiger partial charge in [-0.15, -0.1) is 0 Å². The predicted molar refractivity (Wildman–Crippen MR) is 107 cm³/mol. The number of benzene rings is 2. The highest BCUT2D eigenvalue weighted by atomic mass is 35.5. The molecule has 26 heavy (non-hydrogen) atoms. The van der Waals surface area contributed by atoms with E-state index in [0.717, 1.165) is 48.6 Å². The van der Waals surface area contributed by atoms with Crippen LogP contribution in [0.5, 0.6) is 0 Å². The van der Waals surface area contributed by atoms with E-state index in [1.165, 1.54) is 11.1 Å². The lowest BCUT2D eigenvalue weighted by Crippen LogP contribution is -2.34. The Balaban J connectivity index is 1.38. The SMILES string of the molecule is Cc1ccccc1CN1CCC(n2cc(-c3ccc(Cl)cc3)cn2)CC1. The fraction of sp³-hybridized carbons (Fsp3) is 0.318. The molecule has 4 heteroatoms. The van der Waals surface area contributed by atoms with Crippen molar-refractivity contribution in [2.75, 3.05) is 13.1 Å². The molecule has 1 aliphatic rings. The minimum absolute atomic E-state index is 0.490. The average Bonchev–Trinajstić information content (AvgIpc) is 3.15. The Morgan fingerprint density at radius 2 is 1.73 bits per heavy atom. The molecule has 0 spiro atoms. The number of aromatic nitrogens is 2. The average molecular weight is 366 g/mol. The molecular weight excluding hydrogens is 342 g/mol. The van der Waals surface area contributed by atoms with Crippen LogP contribution in [0.2, 0.25) is 5.02 Å². The van der Waals surface area contributed by atoms with Crippen LogP contribution in [-0.2, 0) is 6.54 Å².